The van der Waals surface area contributed by atoms with E-state index in [4.69, 9.17) is 0 Å². The summed E-state index contributed by atoms with van der Waals surface area (Å²) >= 11 is 0. The Hall–Kier alpha value is -2.59. The van der Waals surface area contributed by atoms with Crippen molar-refractivity contribution in [2.75, 3.05) is 31.1 Å². The van der Waals surface area contributed by atoms with E-state index in [1.165, 1.54) is 41.1 Å². The first kappa shape index (κ1) is 16.3. The molecule has 1 saturated heterocycles. The molecule has 1 aliphatic heterocycles. The molecule has 2 aromatic rings. The zero-order valence-electron chi connectivity index (χ0n) is 12.6. The predicted octanol–water partition coefficient (Wildman–Crippen LogP) is 0.896. The fourth-order valence-corrected chi connectivity index (χ4v) is 3.95. The Morgan fingerprint density at radius 3 is 2.42 bits per heavy atom. The van der Waals surface area contributed by atoms with Crippen LogP contribution in [-0.2, 0) is 10.0 Å². The van der Waals surface area contributed by atoms with Crippen molar-refractivity contribution in [2.24, 2.45) is 0 Å². The Morgan fingerprint density at radius 2 is 1.79 bits per heavy atom. The highest BCUT2D eigenvalue weighted by atomic mass is 32.2. The van der Waals surface area contributed by atoms with Crippen LogP contribution in [0.3, 0.4) is 0 Å². The predicted molar refractivity (Wildman–Crippen MR) is 86.1 cm³/mol. The van der Waals surface area contributed by atoms with Gasteiger partial charge in [0.15, 0.2) is 0 Å². The largest absolute Gasteiger partial charge is 0.348 e. The summed E-state index contributed by atoms with van der Waals surface area (Å²) in [6.07, 6.45) is 4.31. The number of anilines is 1. The molecule has 0 radical (unpaired) electrons. The average molecular weight is 349 g/mol. The number of piperazine rings is 1. The van der Waals surface area contributed by atoms with Gasteiger partial charge in [-0.15, -0.1) is 0 Å². The third-order valence-corrected chi connectivity index (χ3v) is 5.66. The molecule has 3 rings (SSSR count). The Bertz CT molecular complexity index is 835. The summed E-state index contributed by atoms with van der Waals surface area (Å²) in [7, 11) is -3.60. The molecule has 1 fully saturated rings. The van der Waals surface area contributed by atoms with Gasteiger partial charge in [0.1, 0.15) is 4.90 Å². The van der Waals surface area contributed by atoms with Crippen LogP contribution in [0.1, 0.15) is 0 Å². The number of hydrogen-bond donors (Lipinski definition) is 0. The zero-order chi connectivity index (χ0) is 17.2. The van der Waals surface area contributed by atoms with Crippen LogP contribution in [0.25, 0.3) is 0 Å². The average Bonchev–Trinajstić information content (AvgIpc) is 2.62. The van der Waals surface area contributed by atoms with E-state index in [0.29, 0.717) is 13.1 Å². The van der Waals surface area contributed by atoms with Gasteiger partial charge in [0, 0.05) is 50.8 Å². The van der Waals surface area contributed by atoms with Crippen LogP contribution >= 0.6 is 0 Å². The molecule has 2 aromatic heterocycles. The second-order valence-electron chi connectivity index (χ2n) is 5.18. The van der Waals surface area contributed by atoms with Gasteiger partial charge in [-0.1, -0.05) is 0 Å². The monoisotopic (exact) mass is 349 g/mol. The highest BCUT2D eigenvalue weighted by Crippen LogP contribution is 2.26. The van der Waals surface area contributed by atoms with Crippen LogP contribution in [0.5, 0.6) is 0 Å². The van der Waals surface area contributed by atoms with Gasteiger partial charge in [0.05, 0.1) is 4.92 Å². The summed E-state index contributed by atoms with van der Waals surface area (Å²) in [5, 5.41) is 11.1. The van der Waals surface area contributed by atoms with Crippen molar-refractivity contribution in [1.82, 2.24) is 14.3 Å². The van der Waals surface area contributed by atoms with Gasteiger partial charge >= 0.3 is 5.69 Å². The van der Waals surface area contributed by atoms with Gasteiger partial charge < -0.3 is 4.90 Å². The summed E-state index contributed by atoms with van der Waals surface area (Å²) in [5.74, 6) is 0.265. The van der Waals surface area contributed by atoms with Crippen molar-refractivity contribution in [1.29, 1.82) is 0 Å². The highest BCUT2D eigenvalue weighted by Gasteiger charge is 2.31. The molecule has 9 nitrogen and oxygen atoms in total. The Morgan fingerprint density at radius 1 is 1.08 bits per heavy atom. The number of aromatic nitrogens is 2. The fraction of sp³-hybridized carbons (Fsp3) is 0.286. The molecule has 0 aliphatic carbocycles. The standard InChI is InChI=1S/C14H15N5O4S/c20-19(21)13-4-2-6-16-14(13)17-7-9-18(10-8-17)24(22,23)12-3-1-5-15-11-12/h1-6,11H,7-10H2. The van der Waals surface area contributed by atoms with E-state index in [0.717, 1.165) is 0 Å². The molecule has 3 heterocycles. The summed E-state index contributed by atoms with van der Waals surface area (Å²) < 4.78 is 26.5. The van der Waals surface area contributed by atoms with E-state index < -0.39 is 14.9 Å². The molecule has 0 saturated carbocycles. The van der Waals surface area contributed by atoms with Crippen LogP contribution in [0, 0.1) is 10.1 Å². The van der Waals surface area contributed by atoms with E-state index >= 15 is 0 Å². The van der Waals surface area contributed by atoms with Gasteiger partial charge in [-0.25, -0.2) is 13.4 Å². The van der Waals surface area contributed by atoms with Crippen LogP contribution in [0.15, 0.2) is 47.8 Å². The second-order valence-corrected chi connectivity index (χ2v) is 7.12. The van der Waals surface area contributed by atoms with Gasteiger partial charge in [0.25, 0.3) is 0 Å². The van der Waals surface area contributed by atoms with E-state index in [-0.39, 0.29) is 29.5 Å². The minimum absolute atomic E-state index is 0.0823. The molecule has 0 N–H and O–H groups in total. The van der Waals surface area contributed by atoms with Crippen molar-refractivity contribution in [3.63, 3.8) is 0 Å². The molecule has 0 unspecified atom stereocenters. The van der Waals surface area contributed by atoms with E-state index in [1.807, 2.05) is 0 Å². The number of hydrogen-bond acceptors (Lipinski definition) is 7. The first-order chi connectivity index (χ1) is 11.5. The highest BCUT2D eigenvalue weighted by molar-refractivity contribution is 7.89. The lowest BCUT2D eigenvalue weighted by atomic mass is 10.3. The molecule has 0 bridgehead atoms. The summed E-state index contributed by atoms with van der Waals surface area (Å²) in [6.45, 7) is 1.12. The maximum Gasteiger partial charge on any atom is 0.311 e. The second kappa shape index (κ2) is 6.49. The Kier molecular flexibility index (Phi) is 4.40. The molecule has 126 valence electrons. The topological polar surface area (TPSA) is 110 Å². The lowest BCUT2D eigenvalue weighted by Crippen LogP contribution is -2.49. The molecule has 0 aromatic carbocycles. The molecular formula is C14H15N5O4S. The summed E-state index contributed by atoms with van der Waals surface area (Å²) in [5.41, 5.74) is -0.0823. The molecule has 0 amide bonds. The summed E-state index contributed by atoms with van der Waals surface area (Å²) in [4.78, 5) is 20.4. The van der Waals surface area contributed by atoms with E-state index in [2.05, 4.69) is 9.97 Å². The lowest BCUT2D eigenvalue weighted by molar-refractivity contribution is -0.384. The first-order valence-corrected chi connectivity index (χ1v) is 8.68. The number of rotatable bonds is 4. The normalized spacial score (nSPS) is 16.1. The third-order valence-electron chi connectivity index (χ3n) is 3.77. The first-order valence-electron chi connectivity index (χ1n) is 7.24. The van der Waals surface area contributed by atoms with Crippen LogP contribution in [0.4, 0.5) is 11.5 Å². The molecule has 1 aliphatic rings. The lowest BCUT2D eigenvalue weighted by Gasteiger charge is -2.34. The maximum absolute atomic E-state index is 12.5. The minimum Gasteiger partial charge on any atom is -0.348 e. The van der Waals surface area contributed by atoms with Crippen molar-refractivity contribution >= 4 is 21.5 Å². The maximum atomic E-state index is 12.5. The molecule has 10 heteroatoms. The smallest absolute Gasteiger partial charge is 0.311 e. The van der Waals surface area contributed by atoms with Crippen molar-refractivity contribution < 1.29 is 13.3 Å². The van der Waals surface area contributed by atoms with Gasteiger partial charge in [-0.3, -0.25) is 15.1 Å². The van der Waals surface area contributed by atoms with Crippen LogP contribution < -0.4 is 4.90 Å². The minimum atomic E-state index is -3.60. The molecule has 24 heavy (non-hydrogen) atoms. The Labute approximate surface area is 138 Å². The van der Waals surface area contributed by atoms with E-state index in [1.54, 1.807) is 11.0 Å². The number of nitro groups is 1. The van der Waals surface area contributed by atoms with Gasteiger partial charge in [-0.2, -0.15) is 4.31 Å². The number of pyridine rings is 2. The number of nitrogens with zero attached hydrogens (tertiary/aromatic N) is 5. The van der Waals surface area contributed by atoms with Crippen LogP contribution in [-0.4, -0.2) is 53.8 Å². The zero-order valence-corrected chi connectivity index (χ0v) is 13.5. The molecule has 0 atom stereocenters. The van der Waals surface area contributed by atoms with Crippen molar-refractivity contribution in [2.45, 2.75) is 4.90 Å². The molecule has 0 spiro atoms. The Balaban J connectivity index is 1.76. The molecular weight excluding hydrogens is 334 g/mol. The van der Waals surface area contributed by atoms with Gasteiger partial charge in [0.2, 0.25) is 15.8 Å². The number of sulfonamides is 1. The van der Waals surface area contributed by atoms with Gasteiger partial charge in [-0.05, 0) is 18.2 Å². The quantitative estimate of drug-likeness (QED) is 0.595. The SMILES string of the molecule is O=[N+]([O-])c1cccnc1N1CCN(S(=O)(=O)c2cccnc2)CC1. The van der Waals surface area contributed by atoms with Crippen molar-refractivity contribution in [3.8, 4) is 0 Å². The van der Waals surface area contributed by atoms with Crippen molar-refractivity contribution in [3.05, 3.63) is 53.0 Å². The third kappa shape index (κ3) is 3.05. The fourth-order valence-electron chi connectivity index (χ4n) is 2.56. The van der Waals surface area contributed by atoms with Crippen LogP contribution in [0.2, 0.25) is 0 Å². The van der Waals surface area contributed by atoms with E-state index in [9.17, 15) is 18.5 Å². The summed E-state index contributed by atoms with van der Waals surface area (Å²) in [6, 6.07) is 5.96.